The average molecular weight is 322 g/mol. The standard InChI is InChI=1S/C12H14N6O5/c13-17-16-4-12(22)7(3-19)23-11(9(12)21)18-5-15-8-6(20)1-2-14-10(8)18/h1-2,5,7,9,11,19,21-22H,3-4H2,(H,14,20)/t7-,9+,11-,12-/m1/s1. The first kappa shape index (κ1) is 15.5. The third kappa shape index (κ3) is 2.27. The second kappa shape index (κ2) is 5.65. The molecule has 1 fully saturated rings. The van der Waals surface area contributed by atoms with Gasteiger partial charge in [0.2, 0.25) is 5.43 Å². The lowest BCUT2D eigenvalue weighted by Gasteiger charge is -2.28. The average Bonchev–Trinajstić information content (AvgIpc) is 3.07. The van der Waals surface area contributed by atoms with Crippen molar-refractivity contribution in [2.45, 2.75) is 24.0 Å². The Bertz CT molecular complexity index is 827. The van der Waals surface area contributed by atoms with Crippen LogP contribution in [0.5, 0.6) is 0 Å². The van der Waals surface area contributed by atoms with Crippen molar-refractivity contribution in [3.63, 3.8) is 0 Å². The summed E-state index contributed by atoms with van der Waals surface area (Å²) >= 11 is 0. The third-order valence-corrected chi connectivity index (χ3v) is 3.95. The van der Waals surface area contributed by atoms with Gasteiger partial charge in [0.05, 0.1) is 19.5 Å². The van der Waals surface area contributed by atoms with Crippen molar-refractivity contribution >= 4 is 11.2 Å². The molecule has 2 aromatic heterocycles. The topological polar surface area (TPSA) is 169 Å². The van der Waals surface area contributed by atoms with Crippen LogP contribution in [0.1, 0.15) is 6.23 Å². The van der Waals surface area contributed by atoms with Crippen LogP contribution in [-0.4, -0.2) is 60.8 Å². The zero-order chi connectivity index (χ0) is 16.6. The maximum atomic E-state index is 11.7. The predicted octanol–water partition coefficient (Wildman–Crippen LogP) is -0.983. The highest BCUT2D eigenvalue weighted by Gasteiger charge is 2.55. The number of nitrogens with zero attached hydrogens (tertiary/aromatic N) is 5. The van der Waals surface area contributed by atoms with Crippen LogP contribution in [0.3, 0.4) is 0 Å². The number of aliphatic hydroxyl groups is 3. The van der Waals surface area contributed by atoms with Gasteiger partial charge in [-0.25, -0.2) is 4.98 Å². The van der Waals surface area contributed by atoms with E-state index in [9.17, 15) is 20.1 Å². The lowest BCUT2D eigenvalue weighted by Crippen LogP contribution is -2.51. The number of hydrogen-bond donors (Lipinski definition) is 4. The lowest BCUT2D eigenvalue weighted by atomic mass is 9.92. The van der Waals surface area contributed by atoms with E-state index in [1.807, 2.05) is 0 Å². The molecule has 3 heterocycles. The molecule has 0 bridgehead atoms. The van der Waals surface area contributed by atoms with Crippen molar-refractivity contribution in [3.8, 4) is 0 Å². The number of aliphatic hydroxyl groups excluding tert-OH is 2. The molecule has 0 aromatic carbocycles. The van der Waals surface area contributed by atoms with E-state index in [0.717, 1.165) is 0 Å². The van der Waals surface area contributed by atoms with E-state index in [-0.39, 0.29) is 10.9 Å². The van der Waals surface area contributed by atoms with Gasteiger partial charge in [0.15, 0.2) is 11.7 Å². The van der Waals surface area contributed by atoms with Gasteiger partial charge < -0.3 is 25.0 Å². The summed E-state index contributed by atoms with van der Waals surface area (Å²) in [5.41, 5.74) is 6.59. The van der Waals surface area contributed by atoms with Crippen LogP contribution >= 0.6 is 0 Å². The Hall–Kier alpha value is -2.43. The number of hydrogen-bond acceptors (Lipinski definition) is 7. The molecule has 122 valence electrons. The highest BCUT2D eigenvalue weighted by atomic mass is 16.6. The maximum absolute atomic E-state index is 11.7. The molecule has 23 heavy (non-hydrogen) atoms. The number of H-pyrrole nitrogens is 1. The maximum Gasteiger partial charge on any atom is 0.209 e. The number of aromatic nitrogens is 3. The van der Waals surface area contributed by atoms with Crippen LogP contribution in [0.4, 0.5) is 0 Å². The zero-order valence-corrected chi connectivity index (χ0v) is 11.8. The van der Waals surface area contributed by atoms with Crippen molar-refractivity contribution in [3.05, 3.63) is 39.3 Å². The minimum absolute atomic E-state index is 0.148. The Kier molecular flexibility index (Phi) is 3.80. The highest BCUT2D eigenvalue weighted by molar-refractivity contribution is 5.70. The molecule has 1 saturated heterocycles. The van der Waals surface area contributed by atoms with Crippen LogP contribution in [0.15, 0.2) is 28.5 Å². The molecular weight excluding hydrogens is 308 g/mol. The zero-order valence-electron chi connectivity index (χ0n) is 11.8. The molecule has 3 rings (SSSR count). The summed E-state index contributed by atoms with van der Waals surface area (Å²) in [4.78, 5) is 21.1. The SMILES string of the molecule is [N-]=[N+]=NC[C@@]1(O)[C@@H](CO)O[C@@H](n2cnc3c(=O)cc[nH]c32)[C@@H]1O. The van der Waals surface area contributed by atoms with Gasteiger partial charge in [-0.15, -0.1) is 0 Å². The summed E-state index contributed by atoms with van der Waals surface area (Å²) in [7, 11) is 0. The van der Waals surface area contributed by atoms with Gasteiger partial charge in [-0.05, 0) is 5.53 Å². The number of pyridine rings is 1. The van der Waals surface area contributed by atoms with Gasteiger partial charge in [0, 0.05) is 17.2 Å². The molecule has 0 aliphatic carbocycles. The fraction of sp³-hybridized carbons (Fsp3) is 0.500. The molecule has 11 nitrogen and oxygen atoms in total. The molecule has 0 amide bonds. The Morgan fingerprint density at radius 3 is 3.09 bits per heavy atom. The summed E-state index contributed by atoms with van der Waals surface area (Å²) < 4.78 is 6.84. The monoisotopic (exact) mass is 322 g/mol. The molecule has 0 unspecified atom stereocenters. The van der Waals surface area contributed by atoms with Crippen molar-refractivity contribution < 1.29 is 20.1 Å². The number of azide groups is 1. The summed E-state index contributed by atoms with van der Waals surface area (Å²) in [6.07, 6.45) is -1.09. The number of aromatic amines is 1. The van der Waals surface area contributed by atoms with Crippen LogP contribution in [0.25, 0.3) is 21.6 Å². The van der Waals surface area contributed by atoms with E-state index in [1.54, 1.807) is 0 Å². The second-order valence-electron chi connectivity index (χ2n) is 5.21. The van der Waals surface area contributed by atoms with E-state index in [4.69, 9.17) is 10.3 Å². The minimum atomic E-state index is -1.96. The molecule has 2 aromatic rings. The number of ether oxygens (including phenoxy) is 1. The van der Waals surface area contributed by atoms with Gasteiger partial charge in [-0.3, -0.25) is 9.36 Å². The Morgan fingerprint density at radius 1 is 1.61 bits per heavy atom. The largest absolute Gasteiger partial charge is 0.394 e. The molecular formula is C12H14N6O5. The summed E-state index contributed by atoms with van der Waals surface area (Å²) in [6.45, 7) is -1.07. The number of nitrogens with one attached hydrogen (secondary N) is 1. The molecule has 4 N–H and O–H groups in total. The fourth-order valence-corrected chi connectivity index (χ4v) is 2.71. The first-order valence-electron chi connectivity index (χ1n) is 6.74. The second-order valence-corrected chi connectivity index (χ2v) is 5.21. The van der Waals surface area contributed by atoms with Crippen LogP contribution in [-0.2, 0) is 4.74 Å². The Balaban J connectivity index is 2.04. The van der Waals surface area contributed by atoms with Gasteiger partial charge in [-0.2, -0.15) is 0 Å². The highest BCUT2D eigenvalue weighted by Crippen LogP contribution is 2.38. The molecule has 11 heteroatoms. The fourth-order valence-electron chi connectivity index (χ4n) is 2.71. The van der Waals surface area contributed by atoms with Crippen molar-refractivity contribution in [2.75, 3.05) is 13.2 Å². The quantitative estimate of drug-likeness (QED) is 0.320. The van der Waals surface area contributed by atoms with Crippen LogP contribution in [0.2, 0.25) is 0 Å². The third-order valence-electron chi connectivity index (χ3n) is 3.95. The van der Waals surface area contributed by atoms with Gasteiger partial charge in [0.25, 0.3) is 0 Å². The van der Waals surface area contributed by atoms with Crippen molar-refractivity contribution in [1.29, 1.82) is 0 Å². The first-order chi connectivity index (χ1) is 11.0. The molecule has 1 aliphatic heterocycles. The van der Waals surface area contributed by atoms with Gasteiger partial charge in [0.1, 0.15) is 23.5 Å². The van der Waals surface area contributed by atoms with Crippen LogP contribution < -0.4 is 5.43 Å². The Morgan fingerprint density at radius 2 is 2.39 bits per heavy atom. The molecule has 4 atom stereocenters. The van der Waals surface area contributed by atoms with Crippen LogP contribution in [0, 0.1) is 0 Å². The first-order valence-corrected chi connectivity index (χ1v) is 6.74. The van der Waals surface area contributed by atoms with Gasteiger partial charge >= 0.3 is 0 Å². The molecule has 1 aliphatic rings. The summed E-state index contributed by atoms with van der Waals surface area (Å²) in [6, 6.07) is 1.31. The van der Waals surface area contributed by atoms with Crippen molar-refractivity contribution in [2.24, 2.45) is 5.11 Å². The normalized spacial score (nSPS) is 30.5. The molecule has 0 saturated carbocycles. The smallest absolute Gasteiger partial charge is 0.209 e. The van der Waals surface area contributed by atoms with E-state index in [1.165, 1.54) is 23.2 Å². The molecule has 0 spiro atoms. The Labute approximate surface area is 128 Å². The number of rotatable bonds is 4. The van der Waals surface area contributed by atoms with Crippen molar-refractivity contribution in [1.82, 2.24) is 14.5 Å². The molecule has 0 radical (unpaired) electrons. The van der Waals surface area contributed by atoms with E-state index in [2.05, 4.69) is 20.0 Å². The van der Waals surface area contributed by atoms with E-state index < -0.39 is 37.2 Å². The van der Waals surface area contributed by atoms with E-state index >= 15 is 0 Å². The predicted molar refractivity (Wildman–Crippen MR) is 76.3 cm³/mol. The van der Waals surface area contributed by atoms with Gasteiger partial charge in [-0.1, -0.05) is 5.11 Å². The lowest BCUT2D eigenvalue weighted by molar-refractivity contribution is -0.0860. The summed E-state index contributed by atoms with van der Waals surface area (Å²) in [5, 5.41) is 33.6. The number of fused-ring (bicyclic) bond motifs is 1. The van der Waals surface area contributed by atoms with E-state index in [0.29, 0.717) is 5.65 Å². The minimum Gasteiger partial charge on any atom is -0.394 e. The number of imidazole rings is 1. The summed E-state index contributed by atoms with van der Waals surface area (Å²) in [5.74, 6) is 0.